The standard InChI is InChI=1S/C15H18N2O2/c1-11-6-4-8-14(12(11)2)16-15(18)17(3)10-13-7-5-9-19-13/h4-9H,10H2,1-3H3,(H,16,18). The minimum Gasteiger partial charge on any atom is -0.467 e. The molecule has 0 aliphatic heterocycles. The van der Waals surface area contributed by atoms with Gasteiger partial charge in [-0.3, -0.25) is 0 Å². The summed E-state index contributed by atoms with van der Waals surface area (Å²) in [6, 6.07) is 9.38. The average Bonchev–Trinajstić information content (AvgIpc) is 2.87. The van der Waals surface area contributed by atoms with Crippen molar-refractivity contribution in [1.82, 2.24) is 4.90 Å². The molecular weight excluding hydrogens is 240 g/mol. The van der Waals surface area contributed by atoms with Crippen molar-refractivity contribution in [3.05, 3.63) is 53.5 Å². The third-order valence-electron chi connectivity index (χ3n) is 3.17. The van der Waals surface area contributed by atoms with Crippen molar-refractivity contribution in [3.63, 3.8) is 0 Å². The normalized spacial score (nSPS) is 10.3. The Balaban J connectivity index is 2.02. The molecule has 0 saturated heterocycles. The fraction of sp³-hybridized carbons (Fsp3) is 0.267. The summed E-state index contributed by atoms with van der Waals surface area (Å²) in [5.41, 5.74) is 3.09. The van der Waals surface area contributed by atoms with Crippen molar-refractivity contribution >= 4 is 11.7 Å². The van der Waals surface area contributed by atoms with E-state index in [2.05, 4.69) is 5.32 Å². The molecule has 0 spiro atoms. The van der Waals surface area contributed by atoms with Gasteiger partial charge in [0.2, 0.25) is 0 Å². The molecule has 2 amide bonds. The van der Waals surface area contributed by atoms with Crippen molar-refractivity contribution in [2.24, 2.45) is 0 Å². The van der Waals surface area contributed by atoms with E-state index < -0.39 is 0 Å². The van der Waals surface area contributed by atoms with Crippen LogP contribution in [0.2, 0.25) is 0 Å². The summed E-state index contributed by atoms with van der Waals surface area (Å²) in [7, 11) is 1.74. The molecule has 100 valence electrons. The molecule has 0 saturated carbocycles. The Kier molecular flexibility index (Phi) is 3.90. The van der Waals surface area contributed by atoms with E-state index in [1.54, 1.807) is 18.2 Å². The minimum absolute atomic E-state index is 0.148. The van der Waals surface area contributed by atoms with Crippen LogP contribution in [0, 0.1) is 13.8 Å². The molecule has 0 radical (unpaired) electrons. The Bertz CT molecular complexity index is 562. The number of carbonyl (C=O) groups is 1. The van der Waals surface area contributed by atoms with Crippen molar-refractivity contribution < 1.29 is 9.21 Å². The number of aryl methyl sites for hydroxylation is 1. The average molecular weight is 258 g/mol. The van der Waals surface area contributed by atoms with Crippen molar-refractivity contribution in [1.29, 1.82) is 0 Å². The van der Waals surface area contributed by atoms with Gasteiger partial charge in [0.05, 0.1) is 12.8 Å². The predicted molar refractivity (Wildman–Crippen MR) is 75.1 cm³/mol. The van der Waals surface area contributed by atoms with E-state index in [4.69, 9.17) is 4.42 Å². The van der Waals surface area contributed by atoms with Crippen LogP contribution < -0.4 is 5.32 Å². The molecule has 0 aliphatic carbocycles. The molecule has 1 N–H and O–H groups in total. The van der Waals surface area contributed by atoms with Gasteiger partial charge >= 0.3 is 6.03 Å². The molecule has 0 fully saturated rings. The number of carbonyl (C=O) groups excluding carboxylic acids is 1. The first-order chi connectivity index (χ1) is 9.08. The summed E-state index contributed by atoms with van der Waals surface area (Å²) in [6.07, 6.45) is 1.60. The highest BCUT2D eigenvalue weighted by Crippen LogP contribution is 2.18. The molecule has 0 bridgehead atoms. The summed E-state index contributed by atoms with van der Waals surface area (Å²) >= 11 is 0. The number of nitrogens with one attached hydrogen (secondary N) is 1. The van der Waals surface area contributed by atoms with Crippen molar-refractivity contribution in [2.45, 2.75) is 20.4 Å². The number of hydrogen-bond acceptors (Lipinski definition) is 2. The van der Waals surface area contributed by atoms with Crippen LogP contribution in [-0.2, 0) is 6.54 Å². The summed E-state index contributed by atoms with van der Waals surface area (Å²) in [4.78, 5) is 13.7. The molecule has 1 aromatic carbocycles. The van der Waals surface area contributed by atoms with Gasteiger partial charge in [-0.2, -0.15) is 0 Å². The van der Waals surface area contributed by atoms with Gasteiger partial charge in [-0.05, 0) is 43.2 Å². The number of anilines is 1. The molecule has 0 atom stereocenters. The SMILES string of the molecule is Cc1cccc(NC(=O)N(C)Cc2ccco2)c1C. The van der Waals surface area contributed by atoms with Crippen LogP contribution in [0.1, 0.15) is 16.9 Å². The van der Waals surface area contributed by atoms with Crippen LogP contribution in [0.25, 0.3) is 0 Å². The van der Waals surface area contributed by atoms with Crippen LogP contribution in [0.5, 0.6) is 0 Å². The predicted octanol–water partition coefficient (Wildman–Crippen LogP) is 3.56. The second-order valence-corrected chi connectivity index (χ2v) is 4.61. The Labute approximate surface area is 113 Å². The topological polar surface area (TPSA) is 45.5 Å². The first-order valence-electron chi connectivity index (χ1n) is 6.18. The lowest BCUT2D eigenvalue weighted by Crippen LogP contribution is -2.31. The number of nitrogens with zero attached hydrogens (tertiary/aromatic N) is 1. The number of furan rings is 1. The lowest BCUT2D eigenvalue weighted by molar-refractivity contribution is 0.217. The van der Waals surface area contributed by atoms with E-state index in [-0.39, 0.29) is 6.03 Å². The highest BCUT2D eigenvalue weighted by molar-refractivity contribution is 5.90. The summed E-state index contributed by atoms with van der Waals surface area (Å²) in [6.45, 7) is 4.47. The third kappa shape index (κ3) is 3.16. The summed E-state index contributed by atoms with van der Waals surface area (Å²) < 4.78 is 5.23. The lowest BCUT2D eigenvalue weighted by Gasteiger charge is -2.18. The van der Waals surface area contributed by atoms with E-state index in [0.717, 1.165) is 22.6 Å². The van der Waals surface area contributed by atoms with Gasteiger partial charge in [0.25, 0.3) is 0 Å². The molecule has 1 aromatic heterocycles. The van der Waals surface area contributed by atoms with Crippen LogP contribution >= 0.6 is 0 Å². The fourth-order valence-electron chi connectivity index (χ4n) is 1.81. The molecule has 4 heteroatoms. The van der Waals surface area contributed by atoms with Gasteiger partial charge in [0, 0.05) is 12.7 Å². The Morgan fingerprint density at radius 2 is 2.05 bits per heavy atom. The van der Waals surface area contributed by atoms with Crippen molar-refractivity contribution in [3.8, 4) is 0 Å². The van der Waals surface area contributed by atoms with E-state index in [1.165, 1.54) is 0 Å². The van der Waals surface area contributed by atoms with E-state index in [0.29, 0.717) is 6.54 Å². The number of benzene rings is 1. The van der Waals surface area contributed by atoms with Gasteiger partial charge in [0.1, 0.15) is 5.76 Å². The lowest BCUT2D eigenvalue weighted by atomic mass is 10.1. The first kappa shape index (κ1) is 13.2. The monoisotopic (exact) mass is 258 g/mol. The first-order valence-corrected chi connectivity index (χ1v) is 6.18. The maximum atomic E-state index is 12.1. The third-order valence-corrected chi connectivity index (χ3v) is 3.17. The quantitative estimate of drug-likeness (QED) is 0.914. The molecule has 2 aromatic rings. The van der Waals surface area contributed by atoms with Crippen LogP contribution in [0.4, 0.5) is 10.5 Å². The van der Waals surface area contributed by atoms with Crippen LogP contribution in [0.15, 0.2) is 41.0 Å². The second-order valence-electron chi connectivity index (χ2n) is 4.61. The summed E-state index contributed by atoms with van der Waals surface area (Å²) in [5.74, 6) is 0.763. The van der Waals surface area contributed by atoms with Crippen molar-refractivity contribution in [2.75, 3.05) is 12.4 Å². The molecule has 1 heterocycles. The zero-order valence-electron chi connectivity index (χ0n) is 11.4. The zero-order valence-corrected chi connectivity index (χ0v) is 11.4. The smallest absolute Gasteiger partial charge is 0.322 e. The number of hydrogen-bond donors (Lipinski definition) is 1. The Morgan fingerprint density at radius 1 is 1.26 bits per heavy atom. The van der Waals surface area contributed by atoms with Gasteiger partial charge in [0.15, 0.2) is 0 Å². The molecule has 4 nitrogen and oxygen atoms in total. The Hall–Kier alpha value is -2.23. The van der Waals surface area contributed by atoms with Gasteiger partial charge in [-0.25, -0.2) is 4.79 Å². The summed E-state index contributed by atoms with van der Waals surface area (Å²) in [5, 5.41) is 2.91. The van der Waals surface area contributed by atoms with Gasteiger partial charge < -0.3 is 14.6 Å². The maximum absolute atomic E-state index is 12.1. The minimum atomic E-state index is -0.148. The largest absolute Gasteiger partial charge is 0.467 e. The highest BCUT2D eigenvalue weighted by Gasteiger charge is 2.12. The van der Waals surface area contributed by atoms with E-state index >= 15 is 0 Å². The van der Waals surface area contributed by atoms with E-state index in [1.807, 2.05) is 44.2 Å². The van der Waals surface area contributed by atoms with Gasteiger partial charge in [-0.15, -0.1) is 0 Å². The number of rotatable bonds is 3. The Morgan fingerprint density at radius 3 is 2.74 bits per heavy atom. The molecule has 2 rings (SSSR count). The fourth-order valence-corrected chi connectivity index (χ4v) is 1.81. The molecule has 0 unspecified atom stereocenters. The maximum Gasteiger partial charge on any atom is 0.322 e. The molecular formula is C15H18N2O2. The number of amides is 2. The van der Waals surface area contributed by atoms with E-state index in [9.17, 15) is 4.79 Å². The second kappa shape index (κ2) is 5.61. The highest BCUT2D eigenvalue weighted by atomic mass is 16.3. The molecule has 0 aliphatic rings. The zero-order chi connectivity index (χ0) is 13.8. The number of urea groups is 1. The van der Waals surface area contributed by atoms with Crippen LogP contribution in [0.3, 0.4) is 0 Å². The van der Waals surface area contributed by atoms with Crippen LogP contribution in [-0.4, -0.2) is 18.0 Å². The van der Waals surface area contributed by atoms with Gasteiger partial charge in [-0.1, -0.05) is 12.1 Å². The molecule has 19 heavy (non-hydrogen) atoms.